The van der Waals surface area contributed by atoms with Gasteiger partial charge in [0.15, 0.2) is 0 Å². The number of rotatable bonds is 10. The van der Waals surface area contributed by atoms with E-state index in [1.807, 2.05) is 0 Å². The van der Waals surface area contributed by atoms with Crippen LogP contribution in [0.25, 0.3) is 0 Å². The summed E-state index contributed by atoms with van der Waals surface area (Å²) < 4.78 is 0. The largest absolute Gasteiger partial charge is 0.355 e. The van der Waals surface area contributed by atoms with Crippen LogP contribution in [0.2, 0.25) is 0 Å². The van der Waals surface area contributed by atoms with E-state index in [1.54, 1.807) is 0 Å². The molecule has 0 aliphatic carbocycles. The van der Waals surface area contributed by atoms with Crippen LogP contribution in [-0.2, 0) is 9.59 Å². The molecular weight excluding hydrogens is 300 g/mol. The lowest BCUT2D eigenvalue weighted by Gasteiger charge is -2.44. The van der Waals surface area contributed by atoms with Crippen molar-refractivity contribution >= 4 is 11.7 Å². The molecule has 0 aromatic carbocycles. The topological polar surface area (TPSA) is 58.2 Å². The third-order valence-electron chi connectivity index (χ3n) is 4.84. The van der Waals surface area contributed by atoms with Crippen LogP contribution >= 0.6 is 0 Å². The van der Waals surface area contributed by atoms with E-state index in [1.165, 1.54) is 6.92 Å². The zero-order valence-corrected chi connectivity index (χ0v) is 17.3. The highest BCUT2D eigenvalue weighted by molar-refractivity contribution is 5.85. The van der Waals surface area contributed by atoms with Crippen LogP contribution in [0, 0.1) is 16.2 Å². The summed E-state index contributed by atoms with van der Waals surface area (Å²) in [5.41, 5.74) is -0.180. The molecule has 0 heterocycles. The lowest BCUT2D eigenvalue weighted by atomic mass is 9.58. The summed E-state index contributed by atoms with van der Waals surface area (Å²) >= 11 is 0. The summed E-state index contributed by atoms with van der Waals surface area (Å²) in [6, 6.07) is 0. The summed E-state index contributed by atoms with van der Waals surface area (Å²) in [5, 5.41) is 6.05. The molecule has 1 amide bonds. The smallest absolute Gasteiger partial charge is 0.216 e. The van der Waals surface area contributed by atoms with Crippen molar-refractivity contribution in [1.29, 1.82) is 0 Å². The number of hydrogen-bond donors (Lipinski definition) is 2. The summed E-state index contributed by atoms with van der Waals surface area (Å²) in [4.78, 5) is 23.7. The van der Waals surface area contributed by atoms with E-state index < -0.39 is 0 Å². The molecule has 142 valence electrons. The van der Waals surface area contributed by atoms with Gasteiger partial charge in [-0.25, -0.2) is 0 Å². The Balaban J connectivity index is 4.28. The first-order valence-electron chi connectivity index (χ1n) is 9.28. The van der Waals surface area contributed by atoms with Crippen molar-refractivity contribution in [1.82, 2.24) is 10.6 Å². The first kappa shape index (κ1) is 23.1. The predicted octanol–water partition coefficient (Wildman–Crippen LogP) is 3.94. The van der Waals surface area contributed by atoms with Crippen molar-refractivity contribution in [2.24, 2.45) is 16.2 Å². The normalized spacial score (nSPS) is 15.0. The van der Waals surface area contributed by atoms with Crippen molar-refractivity contribution in [3.05, 3.63) is 0 Å². The Hall–Kier alpha value is -0.900. The highest BCUT2D eigenvalue weighted by Gasteiger charge is 2.45. The molecule has 0 aromatic heterocycles. The van der Waals surface area contributed by atoms with Gasteiger partial charge in [0, 0.05) is 31.8 Å². The number of hydrogen-bond acceptors (Lipinski definition) is 3. The quantitative estimate of drug-likeness (QED) is 0.592. The van der Waals surface area contributed by atoms with Crippen LogP contribution in [0.5, 0.6) is 0 Å². The van der Waals surface area contributed by atoms with E-state index in [0.717, 1.165) is 32.4 Å². The first-order valence-corrected chi connectivity index (χ1v) is 9.28. The summed E-state index contributed by atoms with van der Waals surface area (Å²) in [7, 11) is 0. The molecule has 4 nitrogen and oxygen atoms in total. The highest BCUT2D eigenvalue weighted by atomic mass is 16.1. The molecular formula is C20H40N2O2. The molecule has 4 heteroatoms. The zero-order chi connectivity index (χ0) is 19.0. The van der Waals surface area contributed by atoms with Crippen LogP contribution in [0.15, 0.2) is 0 Å². The number of carbonyl (C=O) groups excluding carboxylic acids is 2. The molecule has 2 N–H and O–H groups in total. The Labute approximate surface area is 149 Å². The standard InChI is InChI=1S/C20H40N2O2/c1-16(23)22-14-13-21-12-10-9-11-17(24)20(8,19(5,6)7)15-18(2,3)4/h21H,9-15H2,1-8H3,(H,22,23). The number of amides is 1. The Morgan fingerprint density at radius 1 is 0.833 bits per heavy atom. The average Bonchev–Trinajstić information content (AvgIpc) is 2.37. The molecule has 0 aliphatic heterocycles. The number of ketones is 1. The second-order valence-electron chi connectivity index (χ2n) is 9.43. The average molecular weight is 341 g/mol. The monoisotopic (exact) mass is 340 g/mol. The lowest BCUT2D eigenvalue weighted by Crippen LogP contribution is -2.43. The molecule has 0 radical (unpaired) electrons. The molecule has 1 unspecified atom stereocenters. The third kappa shape index (κ3) is 8.81. The molecule has 24 heavy (non-hydrogen) atoms. The Kier molecular flexibility index (Phi) is 9.19. The molecule has 0 saturated heterocycles. The fraction of sp³-hybridized carbons (Fsp3) is 0.900. The maximum atomic E-state index is 12.9. The Morgan fingerprint density at radius 2 is 1.42 bits per heavy atom. The van der Waals surface area contributed by atoms with Gasteiger partial charge < -0.3 is 10.6 Å². The molecule has 0 spiro atoms. The lowest BCUT2D eigenvalue weighted by molar-refractivity contribution is -0.136. The van der Waals surface area contributed by atoms with Gasteiger partial charge in [-0.2, -0.15) is 0 Å². The second-order valence-corrected chi connectivity index (χ2v) is 9.43. The number of carbonyl (C=O) groups is 2. The van der Waals surface area contributed by atoms with Crippen molar-refractivity contribution in [2.75, 3.05) is 19.6 Å². The van der Waals surface area contributed by atoms with Crippen LogP contribution in [-0.4, -0.2) is 31.3 Å². The van der Waals surface area contributed by atoms with E-state index in [9.17, 15) is 9.59 Å². The van der Waals surface area contributed by atoms with E-state index >= 15 is 0 Å². The van der Waals surface area contributed by atoms with Crippen LogP contribution in [0.4, 0.5) is 0 Å². The van der Waals surface area contributed by atoms with Gasteiger partial charge in [0.2, 0.25) is 5.91 Å². The fourth-order valence-electron chi connectivity index (χ4n) is 3.11. The van der Waals surface area contributed by atoms with E-state index in [-0.39, 0.29) is 22.2 Å². The van der Waals surface area contributed by atoms with Crippen LogP contribution in [0.3, 0.4) is 0 Å². The molecule has 0 aromatic rings. The molecule has 0 fully saturated rings. The van der Waals surface area contributed by atoms with Gasteiger partial charge in [-0.1, -0.05) is 48.5 Å². The van der Waals surface area contributed by atoms with Gasteiger partial charge in [0.25, 0.3) is 0 Å². The molecule has 0 bridgehead atoms. The summed E-state index contributed by atoms with van der Waals surface area (Å²) in [5.74, 6) is 0.394. The minimum absolute atomic E-state index is 0.00251. The summed E-state index contributed by atoms with van der Waals surface area (Å²) in [6.07, 6.45) is 3.47. The SMILES string of the molecule is CC(=O)NCCNCCCCC(=O)C(C)(CC(C)(C)C)C(C)(C)C. The summed E-state index contributed by atoms with van der Waals surface area (Å²) in [6.45, 7) is 19.2. The first-order chi connectivity index (χ1) is 10.8. The van der Waals surface area contributed by atoms with Crippen molar-refractivity contribution in [3.8, 4) is 0 Å². The van der Waals surface area contributed by atoms with E-state index in [0.29, 0.717) is 18.7 Å². The van der Waals surface area contributed by atoms with Gasteiger partial charge >= 0.3 is 0 Å². The number of nitrogens with one attached hydrogen (secondary N) is 2. The van der Waals surface area contributed by atoms with Crippen LogP contribution < -0.4 is 10.6 Å². The fourth-order valence-corrected chi connectivity index (χ4v) is 3.11. The van der Waals surface area contributed by atoms with Crippen molar-refractivity contribution in [3.63, 3.8) is 0 Å². The van der Waals surface area contributed by atoms with Crippen LogP contribution in [0.1, 0.15) is 81.1 Å². The van der Waals surface area contributed by atoms with Gasteiger partial charge in [-0.15, -0.1) is 0 Å². The third-order valence-corrected chi connectivity index (χ3v) is 4.84. The van der Waals surface area contributed by atoms with Crippen molar-refractivity contribution < 1.29 is 9.59 Å². The van der Waals surface area contributed by atoms with E-state index in [4.69, 9.17) is 0 Å². The minimum atomic E-state index is -0.288. The molecule has 0 rings (SSSR count). The molecule has 1 atom stereocenters. The molecule has 0 aliphatic rings. The van der Waals surface area contributed by atoms with Gasteiger partial charge in [0.05, 0.1) is 0 Å². The minimum Gasteiger partial charge on any atom is -0.355 e. The number of Topliss-reactive ketones (excluding diaryl/α,β-unsaturated/α-hetero) is 1. The Morgan fingerprint density at radius 3 is 1.88 bits per heavy atom. The molecule has 0 saturated carbocycles. The second kappa shape index (κ2) is 9.55. The van der Waals surface area contributed by atoms with E-state index in [2.05, 4.69) is 59.1 Å². The van der Waals surface area contributed by atoms with Gasteiger partial charge in [-0.3, -0.25) is 9.59 Å². The van der Waals surface area contributed by atoms with Gasteiger partial charge in [-0.05, 0) is 36.6 Å². The zero-order valence-electron chi connectivity index (χ0n) is 17.3. The Bertz CT molecular complexity index is 405. The predicted molar refractivity (Wildman–Crippen MR) is 102 cm³/mol. The van der Waals surface area contributed by atoms with Crippen molar-refractivity contribution in [2.45, 2.75) is 81.1 Å². The maximum Gasteiger partial charge on any atom is 0.216 e. The van der Waals surface area contributed by atoms with Gasteiger partial charge in [0.1, 0.15) is 5.78 Å². The number of unbranched alkanes of at least 4 members (excludes halogenated alkanes) is 1. The maximum absolute atomic E-state index is 12.9. The highest BCUT2D eigenvalue weighted by Crippen LogP contribution is 2.47.